The molecule has 0 aromatic carbocycles. The van der Waals surface area contributed by atoms with Gasteiger partial charge in [-0.05, 0) is 13.3 Å². The van der Waals surface area contributed by atoms with E-state index in [1.807, 2.05) is 0 Å². The molecule has 4 nitrogen and oxygen atoms in total. The molecule has 0 fully saturated rings. The second kappa shape index (κ2) is 4.17. The first-order chi connectivity index (χ1) is 7.61. The minimum absolute atomic E-state index is 0.210. The Hall–Kier alpha value is -1.49. The van der Waals surface area contributed by atoms with Crippen LogP contribution < -0.4 is 0 Å². The van der Waals surface area contributed by atoms with E-state index >= 15 is 0 Å². The van der Waals surface area contributed by atoms with Crippen LogP contribution in [0.2, 0.25) is 0 Å². The molecule has 0 N–H and O–H groups in total. The van der Waals surface area contributed by atoms with Gasteiger partial charge < -0.3 is 0 Å². The van der Waals surface area contributed by atoms with Crippen molar-refractivity contribution < 1.29 is 9.59 Å². The standard InChI is InChI=1S/C11H12N2O2S/c1-3-8-5-12-9(16-8)6-13-10(14)4-7(2)11(13)15/h4-5H,3,6H2,1-2H3. The lowest BCUT2D eigenvalue weighted by atomic mass is 10.3. The molecule has 1 aromatic heterocycles. The summed E-state index contributed by atoms with van der Waals surface area (Å²) in [5.41, 5.74) is 0.497. The number of carbonyl (C=O) groups excluding carboxylic acids is 2. The van der Waals surface area contributed by atoms with Crippen molar-refractivity contribution in [3.05, 3.63) is 27.7 Å². The molecule has 1 aliphatic heterocycles. The van der Waals surface area contributed by atoms with Crippen molar-refractivity contribution in [2.45, 2.75) is 26.8 Å². The Morgan fingerprint density at radius 2 is 2.19 bits per heavy atom. The highest BCUT2D eigenvalue weighted by molar-refractivity contribution is 7.11. The zero-order chi connectivity index (χ0) is 11.7. The third-order valence-corrected chi connectivity index (χ3v) is 3.56. The summed E-state index contributed by atoms with van der Waals surface area (Å²) >= 11 is 1.54. The summed E-state index contributed by atoms with van der Waals surface area (Å²) < 4.78 is 0. The van der Waals surface area contributed by atoms with E-state index in [1.165, 1.54) is 15.9 Å². The predicted molar refractivity (Wildman–Crippen MR) is 60.8 cm³/mol. The van der Waals surface area contributed by atoms with Gasteiger partial charge in [0.05, 0.1) is 6.54 Å². The van der Waals surface area contributed by atoms with E-state index in [0.717, 1.165) is 11.4 Å². The highest BCUT2D eigenvalue weighted by Crippen LogP contribution is 2.19. The van der Waals surface area contributed by atoms with Crippen LogP contribution in [0.4, 0.5) is 0 Å². The number of carbonyl (C=O) groups is 2. The first kappa shape index (κ1) is 11.0. The molecule has 84 valence electrons. The van der Waals surface area contributed by atoms with Crippen molar-refractivity contribution in [2.24, 2.45) is 0 Å². The van der Waals surface area contributed by atoms with Gasteiger partial charge in [-0.3, -0.25) is 14.5 Å². The lowest BCUT2D eigenvalue weighted by Crippen LogP contribution is -2.30. The Balaban J connectivity index is 2.11. The fourth-order valence-electron chi connectivity index (χ4n) is 1.51. The molecule has 2 rings (SSSR count). The molecule has 0 saturated heterocycles. The van der Waals surface area contributed by atoms with E-state index < -0.39 is 0 Å². The number of hydrogen-bond donors (Lipinski definition) is 0. The van der Waals surface area contributed by atoms with E-state index in [2.05, 4.69) is 11.9 Å². The summed E-state index contributed by atoms with van der Waals surface area (Å²) in [6.45, 7) is 3.99. The maximum absolute atomic E-state index is 11.6. The lowest BCUT2D eigenvalue weighted by molar-refractivity contribution is -0.137. The minimum atomic E-state index is -0.240. The summed E-state index contributed by atoms with van der Waals surface area (Å²) in [4.78, 5) is 29.7. The number of aryl methyl sites for hydroxylation is 1. The predicted octanol–water partition coefficient (Wildman–Crippen LogP) is 1.52. The highest BCUT2D eigenvalue weighted by atomic mass is 32.1. The quantitative estimate of drug-likeness (QED) is 0.748. The molecule has 2 amide bonds. The number of imide groups is 1. The average molecular weight is 236 g/mol. The Morgan fingerprint density at radius 1 is 1.44 bits per heavy atom. The SMILES string of the molecule is CCc1cnc(CN2C(=O)C=C(C)C2=O)s1. The number of hydrogen-bond acceptors (Lipinski definition) is 4. The third kappa shape index (κ3) is 1.90. The van der Waals surface area contributed by atoms with Gasteiger partial charge in [-0.15, -0.1) is 11.3 Å². The van der Waals surface area contributed by atoms with Gasteiger partial charge in [0.1, 0.15) is 5.01 Å². The molecule has 0 spiro atoms. The molecule has 0 bridgehead atoms. The van der Waals surface area contributed by atoms with Gasteiger partial charge in [0.15, 0.2) is 0 Å². The molecule has 2 heterocycles. The normalized spacial score (nSPS) is 15.9. The summed E-state index contributed by atoms with van der Waals surface area (Å²) in [7, 11) is 0. The second-order valence-electron chi connectivity index (χ2n) is 3.63. The van der Waals surface area contributed by atoms with Crippen LogP contribution in [0.3, 0.4) is 0 Å². The molecule has 0 unspecified atom stereocenters. The maximum atomic E-state index is 11.6. The van der Waals surface area contributed by atoms with Crippen LogP contribution in [0.1, 0.15) is 23.7 Å². The molecule has 5 heteroatoms. The summed E-state index contributed by atoms with van der Waals surface area (Å²) in [6, 6.07) is 0. The maximum Gasteiger partial charge on any atom is 0.256 e. The second-order valence-corrected chi connectivity index (χ2v) is 4.83. The van der Waals surface area contributed by atoms with Crippen molar-refractivity contribution >= 4 is 23.2 Å². The first-order valence-corrected chi connectivity index (χ1v) is 5.91. The van der Waals surface area contributed by atoms with Gasteiger partial charge >= 0.3 is 0 Å². The molecule has 0 aliphatic carbocycles. The molecular formula is C11H12N2O2S. The number of thiazole rings is 1. The molecule has 0 radical (unpaired) electrons. The van der Waals surface area contributed by atoms with E-state index in [4.69, 9.17) is 0 Å². The van der Waals surface area contributed by atoms with E-state index in [1.54, 1.807) is 24.5 Å². The van der Waals surface area contributed by atoms with Crippen LogP contribution >= 0.6 is 11.3 Å². The van der Waals surface area contributed by atoms with Crippen LogP contribution in [0.15, 0.2) is 17.8 Å². The van der Waals surface area contributed by atoms with Crippen LogP contribution in [0.25, 0.3) is 0 Å². The number of aromatic nitrogens is 1. The van der Waals surface area contributed by atoms with Gasteiger partial charge in [-0.1, -0.05) is 6.92 Å². The van der Waals surface area contributed by atoms with Crippen LogP contribution in [0.5, 0.6) is 0 Å². The number of amides is 2. The zero-order valence-corrected chi connectivity index (χ0v) is 10.0. The molecule has 1 aromatic rings. The van der Waals surface area contributed by atoms with Crippen molar-refractivity contribution in [1.29, 1.82) is 0 Å². The smallest absolute Gasteiger partial charge is 0.256 e. The van der Waals surface area contributed by atoms with E-state index in [-0.39, 0.29) is 18.4 Å². The molecule has 0 atom stereocenters. The topological polar surface area (TPSA) is 50.3 Å². The Morgan fingerprint density at radius 3 is 2.69 bits per heavy atom. The Bertz CT molecular complexity index is 476. The van der Waals surface area contributed by atoms with Gasteiger partial charge in [-0.2, -0.15) is 0 Å². The first-order valence-electron chi connectivity index (χ1n) is 5.09. The number of nitrogens with zero attached hydrogens (tertiary/aromatic N) is 2. The number of rotatable bonds is 3. The fraction of sp³-hybridized carbons (Fsp3) is 0.364. The van der Waals surface area contributed by atoms with Crippen LogP contribution in [-0.2, 0) is 22.6 Å². The highest BCUT2D eigenvalue weighted by Gasteiger charge is 2.28. The minimum Gasteiger partial charge on any atom is -0.269 e. The van der Waals surface area contributed by atoms with E-state index in [9.17, 15) is 9.59 Å². The largest absolute Gasteiger partial charge is 0.269 e. The van der Waals surface area contributed by atoms with Gasteiger partial charge in [-0.25, -0.2) is 4.98 Å². The zero-order valence-electron chi connectivity index (χ0n) is 9.19. The summed E-state index contributed by atoms with van der Waals surface area (Å²) in [5.74, 6) is -0.450. The monoisotopic (exact) mass is 236 g/mol. The van der Waals surface area contributed by atoms with Crippen molar-refractivity contribution in [3.63, 3.8) is 0 Å². The van der Waals surface area contributed by atoms with Gasteiger partial charge in [0.2, 0.25) is 0 Å². The fourth-order valence-corrected chi connectivity index (χ4v) is 2.36. The van der Waals surface area contributed by atoms with Crippen molar-refractivity contribution in [3.8, 4) is 0 Å². The molecule has 1 aliphatic rings. The van der Waals surface area contributed by atoms with Crippen molar-refractivity contribution in [2.75, 3.05) is 0 Å². The van der Waals surface area contributed by atoms with E-state index in [0.29, 0.717) is 5.57 Å². The average Bonchev–Trinajstić information content (AvgIpc) is 2.80. The van der Waals surface area contributed by atoms with Crippen molar-refractivity contribution in [1.82, 2.24) is 9.88 Å². The Labute approximate surface area is 97.6 Å². The molecular weight excluding hydrogens is 224 g/mol. The molecule has 16 heavy (non-hydrogen) atoms. The third-order valence-electron chi connectivity index (χ3n) is 2.43. The molecule has 0 saturated carbocycles. The van der Waals surface area contributed by atoms with Crippen LogP contribution in [-0.4, -0.2) is 21.7 Å². The lowest BCUT2D eigenvalue weighted by Gasteiger charge is -2.11. The summed E-state index contributed by atoms with van der Waals surface area (Å²) in [6.07, 6.45) is 4.10. The van der Waals surface area contributed by atoms with Crippen LogP contribution in [0, 0.1) is 0 Å². The van der Waals surface area contributed by atoms with Gasteiger partial charge in [0, 0.05) is 22.7 Å². The van der Waals surface area contributed by atoms with Gasteiger partial charge in [0.25, 0.3) is 11.8 Å². The summed E-state index contributed by atoms with van der Waals surface area (Å²) in [5, 5.41) is 0.807. The Kier molecular flexibility index (Phi) is 2.87.